The van der Waals surface area contributed by atoms with Gasteiger partial charge in [0.2, 0.25) is 0 Å². The molecular formula is C11H18O5S. The highest BCUT2D eigenvalue weighted by atomic mass is 32.2. The molecule has 0 aliphatic heterocycles. The van der Waals surface area contributed by atoms with Gasteiger partial charge < -0.3 is 0 Å². The van der Waals surface area contributed by atoms with Gasteiger partial charge in [0.15, 0.2) is 0 Å². The first-order valence-electron chi connectivity index (χ1n) is 5.91. The van der Waals surface area contributed by atoms with Gasteiger partial charge in [-0.15, -0.1) is 0 Å². The van der Waals surface area contributed by atoms with E-state index in [4.69, 9.17) is 4.55 Å². The van der Waals surface area contributed by atoms with Crippen LogP contribution in [-0.4, -0.2) is 30.3 Å². The summed E-state index contributed by atoms with van der Waals surface area (Å²) in [5, 5.41) is 0. The second kappa shape index (κ2) is 6.26. The lowest BCUT2D eigenvalue weighted by Crippen LogP contribution is -2.27. The van der Waals surface area contributed by atoms with Crippen LogP contribution in [-0.2, 0) is 19.7 Å². The fourth-order valence-electron chi connectivity index (χ4n) is 2.08. The SMILES string of the molecule is O=C1CCCCC1C(=O)CCCCS(=O)(=O)O. The number of hydrogen-bond donors (Lipinski definition) is 1. The Kier molecular flexibility index (Phi) is 5.27. The number of carbonyl (C=O) groups excluding carboxylic acids is 2. The van der Waals surface area contributed by atoms with Crippen molar-refractivity contribution in [2.24, 2.45) is 5.92 Å². The second-order valence-electron chi connectivity index (χ2n) is 4.47. The van der Waals surface area contributed by atoms with Gasteiger partial charge in [-0.2, -0.15) is 8.42 Å². The highest BCUT2D eigenvalue weighted by Gasteiger charge is 2.27. The Balaban J connectivity index is 2.27. The molecule has 17 heavy (non-hydrogen) atoms. The van der Waals surface area contributed by atoms with Gasteiger partial charge in [0.05, 0.1) is 11.7 Å². The summed E-state index contributed by atoms with van der Waals surface area (Å²) in [4.78, 5) is 23.2. The Morgan fingerprint density at radius 1 is 1.29 bits per heavy atom. The molecule has 98 valence electrons. The number of unbranched alkanes of at least 4 members (excludes halogenated alkanes) is 1. The maximum absolute atomic E-state index is 11.7. The normalized spacial score (nSPS) is 21.5. The molecule has 1 atom stereocenters. The van der Waals surface area contributed by atoms with E-state index in [2.05, 4.69) is 0 Å². The monoisotopic (exact) mass is 262 g/mol. The van der Waals surface area contributed by atoms with Crippen molar-refractivity contribution in [2.45, 2.75) is 44.9 Å². The van der Waals surface area contributed by atoms with E-state index < -0.39 is 16.0 Å². The van der Waals surface area contributed by atoms with E-state index in [0.29, 0.717) is 19.3 Å². The van der Waals surface area contributed by atoms with Crippen molar-refractivity contribution in [3.63, 3.8) is 0 Å². The van der Waals surface area contributed by atoms with Crippen molar-refractivity contribution in [1.29, 1.82) is 0 Å². The van der Waals surface area contributed by atoms with Crippen LogP contribution in [0.2, 0.25) is 0 Å². The molecule has 0 bridgehead atoms. The Morgan fingerprint density at radius 3 is 2.59 bits per heavy atom. The van der Waals surface area contributed by atoms with Crippen LogP contribution in [0.1, 0.15) is 44.9 Å². The molecule has 0 aromatic heterocycles. The van der Waals surface area contributed by atoms with Crippen molar-refractivity contribution >= 4 is 21.7 Å². The largest absolute Gasteiger partial charge is 0.299 e. The molecule has 1 unspecified atom stereocenters. The Bertz CT molecular complexity index is 385. The van der Waals surface area contributed by atoms with E-state index in [9.17, 15) is 18.0 Å². The maximum Gasteiger partial charge on any atom is 0.264 e. The predicted octanol–water partition coefficient (Wildman–Crippen LogP) is 1.37. The van der Waals surface area contributed by atoms with Crippen molar-refractivity contribution in [2.75, 3.05) is 5.75 Å². The van der Waals surface area contributed by atoms with E-state index >= 15 is 0 Å². The quantitative estimate of drug-likeness (QED) is 0.443. The lowest BCUT2D eigenvalue weighted by Gasteiger charge is -2.18. The Morgan fingerprint density at radius 2 is 2.00 bits per heavy atom. The zero-order valence-electron chi connectivity index (χ0n) is 9.72. The molecule has 1 N–H and O–H groups in total. The van der Waals surface area contributed by atoms with Gasteiger partial charge in [0.25, 0.3) is 10.1 Å². The molecular weight excluding hydrogens is 244 g/mol. The standard InChI is InChI=1S/C11H18O5S/c12-10-6-2-1-5-9(10)11(13)7-3-4-8-17(14,15)16/h9H,1-8H2,(H,14,15,16). The van der Waals surface area contributed by atoms with Gasteiger partial charge >= 0.3 is 0 Å². The smallest absolute Gasteiger partial charge is 0.264 e. The van der Waals surface area contributed by atoms with Crippen LogP contribution in [0.4, 0.5) is 0 Å². The molecule has 0 amide bonds. The summed E-state index contributed by atoms with van der Waals surface area (Å²) >= 11 is 0. The number of rotatable bonds is 6. The van der Waals surface area contributed by atoms with Gasteiger partial charge in [-0.3, -0.25) is 14.1 Å². The summed E-state index contributed by atoms with van der Waals surface area (Å²) in [5.74, 6) is -0.839. The molecule has 1 fully saturated rings. The lowest BCUT2D eigenvalue weighted by atomic mass is 9.83. The maximum atomic E-state index is 11.7. The van der Waals surface area contributed by atoms with Gasteiger partial charge in [-0.1, -0.05) is 6.42 Å². The van der Waals surface area contributed by atoms with Crippen LogP contribution < -0.4 is 0 Å². The molecule has 1 saturated carbocycles. The minimum atomic E-state index is -3.94. The van der Waals surface area contributed by atoms with Crippen LogP contribution in [0.3, 0.4) is 0 Å². The zero-order chi connectivity index (χ0) is 12.9. The third-order valence-corrected chi connectivity index (χ3v) is 3.82. The second-order valence-corrected chi connectivity index (χ2v) is 6.05. The molecule has 0 heterocycles. The van der Waals surface area contributed by atoms with E-state index in [1.807, 2.05) is 0 Å². The Hall–Kier alpha value is -0.750. The van der Waals surface area contributed by atoms with Crippen molar-refractivity contribution in [3.05, 3.63) is 0 Å². The summed E-state index contributed by atoms with van der Waals surface area (Å²) in [6.07, 6.45) is 3.79. The minimum absolute atomic E-state index is 0.0241. The van der Waals surface area contributed by atoms with Crippen LogP contribution in [0, 0.1) is 5.92 Å². The minimum Gasteiger partial charge on any atom is -0.299 e. The lowest BCUT2D eigenvalue weighted by molar-refractivity contribution is -0.134. The zero-order valence-corrected chi connectivity index (χ0v) is 10.5. The third kappa shape index (κ3) is 5.41. The van der Waals surface area contributed by atoms with Crippen LogP contribution in [0.5, 0.6) is 0 Å². The van der Waals surface area contributed by atoms with Crippen LogP contribution in [0.15, 0.2) is 0 Å². The summed E-state index contributed by atoms with van der Waals surface area (Å²) in [6.45, 7) is 0. The molecule has 0 spiro atoms. The molecule has 0 radical (unpaired) electrons. The van der Waals surface area contributed by atoms with Gasteiger partial charge in [0.1, 0.15) is 11.6 Å². The third-order valence-electron chi connectivity index (χ3n) is 3.02. The average Bonchev–Trinajstić information content (AvgIpc) is 2.23. The molecule has 1 aliphatic rings. The number of carbonyl (C=O) groups is 2. The number of ketones is 2. The molecule has 0 aromatic carbocycles. The molecule has 0 saturated heterocycles. The van der Waals surface area contributed by atoms with E-state index in [1.54, 1.807) is 0 Å². The molecule has 6 heteroatoms. The molecule has 1 rings (SSSR count). The van der Waals surface area contributed by atoms with E-state index in [1.165, 1.54) is 0 Å². The topological polar surface area (TPSA) is 88.5 Å². The highest BCUT2D eigenvalue weighted by Crippen LogP contribution is 2.23. The van der Waals surface area contributed by atoms with Crippen molar-refractivity contribution in [3.8, 4) is 0 Å². The molecule has 5 nitrogen and oxygen atoms in total. The van der Waals surface area contributed by atoms with Crippen LogP contribution >= 0.6 is 0 Å². The first kappa shape index (κ1) is 14.3. The highest BCUT2D eigenvalue weighted by molar-refractivity contribution is 7.85. The van der Waals surface area contributed by atoms with Gasteiger partial charge in [-0.25, -0.2) is 0 Å². The summed E-state index contributed by atoms with van der Waals surface area (Å²) < 4.78 is 29.4. The number of Topliss-reactive ketones (excluding diaryl/α,β-unsaturated/α-hetero) is 2. The first-order chi connectivity index (χ1) is 7.90. The van der Waals surface area contributed by atoms with Gasteiger partial charge in [-0.05, 0) is 25.7 Å². The predicted molar refractivity (Wildman–Crippen MR) is 62.2 cm³/mol. The summed E-state index contributed by atoms with van der Waals surface area (Å²) in [6, 6.07) is 0. The van der Waals surface area contributed by atoms with Crippen molar-refractivity contribution in [1.82, 2.24) is 0 Å². The fourth-order valence-corrected chi connectivity index (χ4v) is 2.65. The molecule has 0 aromatic rings. The van der Waals surface area contributed by atoms with E-state index in [0.717, 1.165) is 12.8 Å². The van der Waals surface area contributed by atoms with Crippen molar-refractivity contribution < 1.29 is 22.6 Å². The summed E-state index contributed by atoms with van der Waals surface area (Å²) in [7, 11) is -3.94. The van der Waals surface area contributed by atoms with Gasteiger partial charge in [0, 0.05) is 12.8 Å². The van der Waals surface area contributed by atoms with Crippen LogP contribution in [0.25, 0.3) is 0 Å². The molecule has 1 aliphatic carbocycles. The Labute approximate surface area is 101 Å². The summed E-state index contributed by atoms with van der Waals surface area (Å²) in [5.41, 5.74) is 0. The average molecular weight is 262 g/mol. The number of hydrogen-bond acceptors (Lipinski definition) is 4. The van der Waals surface area contributed by atoms with E-state index in [-0.39, 0.29) is 30.2 Å². The first-order valence-corrected chi connectivity index (χ1v) is 7.51. The fraction of sp³-hybridized carbons (Fsp3) is 0.818.